The molecule has 0 aliphatic carbocycles. The molecule has 0 bridgehead atoms. The number of fused-ring (bicyclic) bond motifs is 1. The van der Waals surface area contributed by atoms with Gasteiger partial charge in [0, 0.05) is 31.4 Å². The first-order valence-corrected chi connectivity index (χ1v) is 7.10. The first kappa shape index (κ1) is 15.5. The second-order valence-corrected chi connectivity index (χ2v) is 6.28. The molecule has 5 nitrogen and oxygen atoms in total. The van der Waals surface area contributed by atoms with Crippen LogP contribution >= 0.6 is 0 Å². The Balaban J connectivity index is 2.21. The molecule has 114 valence electrons. The van der Waals surface area contributed by atoms with Gasteiger partial charge >= 0.3 is 0 Å². The predicted molar refractivity (Wildman–Crippen MR) is 83.8 cm³/mol. The van der Waals surface area contributed by atoms with E-state index in [4.69, 9.17) is 0 Å². The molecule has 0 atom stereocenters. The average Bonchev–Trinajstić information content (AvgIpc) is 2.59. The monoisotopic (exact) mass is 289 g/mol. The molecule has 0 fully saturated rings. The van der Waals surface area contributed by atoms with Crippen molar-refractivity contribution >= 4 is 17.5 Å². The molecule has 1 aliphatic rings. The van der Waals surface area contributed by atoms with Crippen molar-refractivity contribution in [3.05, 3.63) is 29.3 Å². The molecule has 21 heavy (non-hydrogen) atoms. The van der Waals surface area contributed by atoms with E-state index in [1.54, 1.807) is 18.0 Å². The number of hydrogen-bond acceptors (Lipinski definition) is 3. The molecule has 0 spiro atoms. The summed E-state index contributed by atoms with van der Waals surface area (Å²) in [6.07, 6.45) is 0. The Hall–Kier alpha value is -1.88. The van der Waals surface area contributed by atoms with Crippen molar-refractivity contribution in [1.82, 2.24) is 10.2 Å². The Morgan fingerprint density at radius 3 is 2.62 bits per heavy atom. The molecule has 0 saturated carbocycles. The maximum Gasteiger partial charge on any atom is 0.251 e. The lowest BCUT2D eigenvalue weighted by atomic mass is 9.85. The first-order chi connectivity index (χ1) is 9.75. The van der Waals surface area contributed by atoms with Gasteiger partial charge in [0.15, 0.2) is 0 Å². The molecule has 1 aliphatic heterocycles. The van der Waals surface area contributed by atoms with Crippen molar-refractivity contribution in [2.45, 2.75) is 19.3 Å². The number of hydrogen-bond donors (Lipinski definition) is 1. The highest BCUT2D eigenvalue weighted by Crippen LogP contribution is 2.40. The largest absolute Gasteiger partial charge is 0.351 e. The van der Waals surface area contributed by atoms with Gasteiger partial charge in [0.1, 0.15) is 0 Å². The summed E-state index contributed by atoms with van der Waals surface area (Å²) >= 11 is 0. The summed E-state index contributed by atoms with van der Waals surface area (Å²) in [5.41, 5.74) is 1.82. The third kappa shape index (κ3) is 2.78. The van der Waals surface area contributed by atoms with Crippen molar-refractivity contribution in [1.29, 1.82) is 0 Å². The summed E-state index contributed by atoms with van der Waals surface area (Å²) < 4.78 is 0. The van der Waals surface area contributed by atoms with Crippen LogP contribution in [0, 0.1) is 0 Å². The normalized spacial score (nSPS) is 16.3. The average molecular weight is 289 g/mol. The van der Waals surface area contributed by atoms with E-state index in [1.165, 1.54) is 0 Å². The molecule has 1 aromatic carbocycles. The number of nitrogens with one attached hydrogen (secondary N) is 1. The zero-order chi connectivity index (χ0) is 15.8. The first-order valence-electron chi connectivity index (χ1n) is 7.10. The molecule has 2 rings (SSSR count). The molecule has 0 saturated heterocycles. The summed E-state index contributed by atoms with van der Waals surface area (Å²) in [5.74, 6) is -0.0416. The van der Waals surface area contributed by atoms with Crippen molar-refractivity contribution in [3.63, 3.8) is 0 Å². The van der Waals surface area contributed by atoms with E-state index in [-0.39, 0.29) is 11.8 Å². The minimum absolute atomic E-state index is 0.0580. The number of anilines is 1. The predicted octanol–water partition coefficient (Wildman–Crippen LogP) is 1.23. The van der Waals surface area contributed by atoms with E-state index in [1.807, 2.05) is 45.0 Å². The molecular weight excluding hydrogens is 266 g/mol. The fraction of sp³-hybridized carbons (Fsp3) is 0.500. The molecule has 1 heterocycles. The van der Waals surface area contributed by atoms with Crippen LogP contribution in [-0.2, 0) is 10.2 Å². The maximum atomic E-state index is 12.2. The smallest absolute Gasteiger partial charge is 0.251 e. The van der Waals surface area contributed by atoms with Crippen LogP contribution in [0.15, 0.2) is 18.2 Å². The van der Waals surface area contributed by atoms with Crippen LogP contribution in [0.4, 0.5) is 5.69 Å². The lowest BCUT2D eigenvalue weighted by Gasteiger charge is -2.16. The standard InChI is InChI=1S/C16H23N3O2/c1-16(2)12-10-11(14(20)17-8-9-18(3)4)6-7-13(12)19(5)15(16)21/h6-7,10H,8-9H2,1-5H3,(H,17,20). The second-order valence-electron chi connectivity index (χ2n) is 6.28. The number of amides is 2. The molecule has 2 amide bonds. The van der Waals surface area contributed by atoms with Gasteiger partial charge in [-0.1, -0.05) is 0 Å². The van der Waals surface area contributed by atoms with E-state index >= 15 is 0 Å². The van der Waals surface area contributed by atoms with Crippen molar-refractivity contribution < 1.29 is 9.59 Å². The maximum absolute atomic E-state index is 12.2. The van der Waals surface area contributed by atoms with Gasteiger partial charge in [-0.05, 0) is 51.7 Å². The second kappa shape index (κ2) is 5.48. The van der Waals surface area contributed by atoms with Gasteiger partial charge in [0.25, 0.3) is 5.91 Å². The molecule has 5 heteroatoms. The van der Waals surface area contributed by atoms with Crippen molar-refractivity contribution in [2.75, 3.05) is 39.1 Å². The van der Waals surface area contributed by atoms with Crippen LogP contribution in [0.25, 0.3) is 0 Å². The summed E-state index contributed by atoms with van der Waals surface area (Å²) in [6.45, 7) is 5.19. The van der Waals surface area contributed by atoms with Gasteiger partial charge in [-0.15, -0.1) is 0 Å². The Kier molecular flexibility index (Phi) is 4.05. The Morgan fingerprint density at radius 1 is 1.33 bits per heavy atom. The number of likely N-dealkylation sites (N-methyl/N-ethyl adjacent to an activating group) is 2. The lowest BCUT2D eigenvalue weighted by molar-refractivity contribution is -0.121. The minimum atomic E-state index is -0.579. The highest BCUT2D eigenvalue weighted by molar-refractivity contribution is 6.08. The summed E-state index contributed by atoms with van der Waals surface area (Å²) in [6, 6.07) is 5.46. The number of benzene rings is 1. The van der Waals surface area contributed by atoms with Crippen LogP contribution < -0.4 is 10.2 Å². The van der Waals surface area contributed by atoms with Crippen LogP contribution in [0.1, 0.15) is 29.8 Å². The lowest BCUT2D eigenvalue weighted by Crippen LogP contribution is -2.33. The van der Waals surface area contributed by atoms with Crippen LogP contribution in [0.3, 0.4) is 0 Å². The van der Waals surface area contributed by atoms with Crippen LogP contribution in [-0.4, -0.2) is 50.9 Å². The van der Waals surface area contributed by atoms with E-state index in [0.717, 1.165) is 17.8 Å². The summed E-state index contributed by atoms with van der Waals surface area (Å²) in [7, 11) is 5.70. The third-order valence-corrected chi connectivity index (χ3v) is 3.98. The van der Waals surface area contributed by atoms with Gasteiger partial charge in [0.05, 0.1) is 5.41 Å². The highest BCUT2D eigenvalue weighted by Gasteiger charge is 2.42. The van der Waals surface area contributed by atoms with E-state index in [9.17, 15) is 9.59 Å². The third-order valence-electron chi connectivity index (χ3n) is 3.98. The van der Waals surface area contributed by atoms with Gasteiger partial charge < -0.3 is 15.1 Å². The molecule has 1 aromatic rings. The van der Waals surface area contributed by atoms with Crippen molar-refractivity contribution in [2.24, 2.45) is 0 Å². The quantitative estimate of drug-likeness (QED) is 0.907. The zero-order valence-corrected chi connectivity index (χ0v) is 13.4. The van der Waals surface area contributed by atoms with Gasteiger partial charge in [-0.25, -0.2) is 0 Å². The number of rotatable bonds is 4. The highest BCUT2D eigenvalue weighted by atomic mass is 16.2. The summed E-state index contributed by atoms with van der Waals surface area (Å²) in [5, 5.41) is 2.89. The van der Waals surface area contributed by atoms with Crippen molar-refractivity contribution in [3.8, 4) is 0 Å². The minimum Gasteiger partial charge on any atom is -0.351 e. The topological polar surface area (TPSA) is 52.7 Å². The summed E-state index contributed by atoms with van der Waals surface area (Å²) in [4.78, 5) is 28.1. The molecular formula is C16H23N3O2. The molecule has 0 aromatic heterocycles. The number of carbonyl (C=O) groups excluding carboxylic acids is 2. The Labute approximate surface area is 125 Å². The van der Waals surface area contributed by atoms with Crippen LogP contribution in [0.5, 0.6) is 0 Å². The molecule has 0 radical (unpaired) electrons. The Morgan fingerprint density at radius 2 is 2.00 bits per heavy atom. The van der Waals surface area contributed by atoms with Crippen LogP contribution in [0.2, 0.25) is 0 Å². The van der Waals surface area contributed by atoms with E-state index in [2.05, 4.69) is 5.32 Å². The van der Waals surface area contributed by atoms with Gasteiger partial charge in [0.2, 0.25) is 5.91 Å². The van der Waals surface area contributed by atoms with Gasteiger partial charge in [-0.3, -0.25) is 9.59 Å². The number of nitrogens with zero attached hydrogens (tertiary/aromatic N) is 2. The Bertz CT molecular complexity index is 579. The fourth-order valence-electron chi connectivity index (χ4n) is 2.61. The van der Waals surface area contributed by atoms with Gasteiger partial charge in [-0.2, -0.15) is 0 Å². The fourth-order valence-corrected chi connectivity index (χ4v) is 2.61. The number of carbonyl (C=O) groups is 2. The zero-order valence-electron chi connectivity index (χ0n) is 13.4. The molecule has 1 N–H and O–H groups in total. The molecule has 0 unspecified atom stereocenters. The van der Waals surface area contributed by atoms with E-state index < -0.39 is 5.41 Å². The van der Waals surface area contributed by atoms with E-state index in [0.29, 0.717) is 12.1 Å². The SMILES string of the molecule is CN(C)CCNC(=O)c1ccc2c(c1)C(C)(C)C(=O)N2C.